The van der Waals surface area contributed by atoms with E-state index in [2.05, 4.69) is 13.2 Å². The van der Waals surface area contributed by atoms with Crippen LogP contribution in [0.3, 0.4) is 0 Å². The van der Waals surface area contributed by atoms with Crippen LogP contribution in [0.2, 0.25) is 0 Å². The monoisotopic (exact) mass is 193 g/mol. The molecule has 1 rings (SSSR count). The molecular formula is C11H15NO2. The van der Waals surface area contributed by atoms with Crippen molar-refractivity contribution in [3.05, 3.63) is 36.3 Å². The van der Waals surface area contributed by atoms with E-state index >= 15 is 0 Å². The van der Waals surface area contributed by atoms with E-state index in [9.17, 15) is 4.79 Å². The average molecular weight is 193 g/mol. The van der Waals surface area contributed by atoms with E-state index in [-0.39, 0.29) is 12.5 Å². The van der Waals surface area contributed by atoms with Crippen molar-refractivity contribution >= 4 is 5.91 Å². The van der Waals surface area contributed by atoms with Gasteiger partial charge in [-0.25, -0.2) is 0 Å². The fourth-order valence-corrected chi connectivity index (χ4v) is 1.32. The zero-order valence-electron chi connectivity index (χ0n) is 8.67. The maximum absolute atomic E-state index is 11.5. The van der Waals surface area contributed by atoms with Crippen LogP contribution in [0.25, 0.3) is 0 Å². The molecule has 0 atom stereocenters. The van der Waals surface area contributed by atoms with Crippen LogP contribution in [0.5, 0.6) is 0 Å². The third-order valence-corrected chi connectivity index (χ3v) is 1.95. The normalized spacial score (nSPS) is 19.9. The van der Waals surface area contributed by atoms with Crippen molar-refractivity contribution in [3.63, 3.8) is 0 Å². The number of nitrogens with zero attached hydrogens (tertiary/aromatic N) is 1. The fraction of sp³-hybridized carbons (Fsp3) is 0.364. The maximum Gasteiger partial charge on any atom is 0.265 e. The molecule has 0 N–H and O–H groups in total. The van der Waals surface area contributed by atoms with Crippen LogP contribution in [-0.4, -0.2) is 24.0 Å². The van der Waals surface area contributed by atoms with Crippen molar-refractivity contribution in [3.8, 4) is 0 Å². The predicted molar refractivity (Wildman–Crippen MR) is 55.4 cm³/mol. The summed E-state index contributed by atoms with van der Waals surface area (Å²) in [5, 5.41) is 0. The van der Waals surface area contributed by atoms with Crippen LogP contribution in [0, 0.1) is 0 Å². The lowest BCUT2D eigenvalue weighted by Gasteiger charge is -2.30. The third kappa shape index (κ3) is 2.05. The number of carbonyl (C=O) groups excluding carboxylic acids is 1. The van der Waals surface area contributed by atoms with Gasteiger partial charge in [-0.3, -0.25) is 4.79 Å². The van der Waals surface area contributed by atoms with Gasteiger partial charge in [0.25, 0.3) is 5.91 Å². The van der Waals surface area contributed by atoms with Crippen molar-refractivity contribution in [2.45, 2.75) is 13.8 Å². The number of hydrogen-bond donors (Lipinski definition) is 0. The molecule has 1 aliphatic heterocycles. The molecule has 0 saturated carbocycles. The molecule has 0 bridgehead atoms. The molecule has 14 heavy (non-hydrogen) atoms. The number of allylic oxidation sites excluding steroid dienone is 2. The van der Waals surface area contributed by atoms with E-state index in [4.69, 9.17) is 4.74 Å². The van der Waals surface area contributed by atoms with Gasteiger partial charge in [-0.1, -0.05) is 18.7 Å². The summed E-state index contributed by atoms with van der Waals surface area (Å²) in [6, 6.07) is 0. The molecular weight excluding hydrogens is 178 g/mol. The SMILES string of the molecule is C=C(C)/C=C1\C(=C)OCC(=O)N1CC. The van der Waals surface area contributed by atoms with Gasteiger partial charge < -0.3 is 9.64 Å². The van der Waals surface area contributed by atoms with Gasteiger partial charge in [0.05, 0.1) is 5.70 Å². The van der Waals surface area contributed by atoms with Gasteiger partial charge >= 0.3 is 0 Å². The molecule has 0 aliphatic carbocycles. The number of ether oxygens (including phenoxy) is 1. The molecule has 76 valence electrons. The average Bonchev–Trinajstić information content (AvgIpc) is 2.11. The summed E-state index contributed by atoms with van der Waals surface area (Å²) in [7, 11) is 0. The van der Waals surface area contributed by atoms with Crippen LogP contribution in [0.4, 0.5) is 0 Å². The summed E-state index contributed by atoms with van der Waals surface area (Å²) >= 11 is 0. The molecule has 3 nitrogen and oxygen atoms in total. The van der Waals surface area contributed by atoms with Gasteiger partial charge in [0, 0.05) is 6.54 Å². The van der Waals surface area contributed by atoms with Gasteiger partial charge in [0.2, 0.25) is 0 Å². The summed E-state index contributed by atoms with van der Waals surface area (Å²) in [5.74, 6) is 0.502. The highest BCUT2D eigenvalue weighted by Crippen LogP contribution is 2.21. The van der Waals surface area contributed by atoms with Crippen LogP contribution in [-0.2, 0) is 9.53 Å². The molecule has 0 unspecified atom stereocenters. The summed E-state index contributed by atoms with van der Waals surface area (Å²) in [4.78, 5) is 13.1. The zero-order chi connectivity index (χ0) is 10.7. The maximum atomic E-state index is 11.5. The molecule has 0 aromatic rings. The number of amides is 1. The smallest absolute Gasteiger partial charge is 0.265 e. The Hall–Kier alpha value is -1.51. The first kappa shape index (κ1) is 10.6. The second kappa shape index (κ2) is 4.13. The van der Waals surface area contributed by atoms with E-state index in [1.807, 2.05) is 19.9 Å². The summed E-state index contributed by atoms with van der Waals surface area (Å²) in [6.07, 6.45) is 1.81. The molecule has 1 fully saturated rings. The molecule has 0 spiro atoms. The topological polar surface area (TPSA) is 29.5 Å². The Labute approximate surface area is 84.3 Å². The fourth-order valence-electron chi connectivity index (χ4n) is 1.32. The van der Waals surface area contributed by atoms with Gasteiger partial charge in [0.1, 0.15) is 5.76 Å². The predicted octanol–water partition coefficient (Wildman–Crippen LogP) is 1.84. The van der Waals surface area contributed by atoms with Gasteiger partial charge in [-0.2, -0.15) is 0 Å². The Morgan fingerprint density at radius 2 is 2.36 bits per heavy atom. The van der Waals surface area contributed by atoms with Crippen molar-refractivity contribution in [2.75, 3.05) is 13.2 Å². The Kier molecular flexibility index (Phi) is 3.12. The molecule has 3 heteroatoms. The Balaban J connectivity index is 3.01. The minimum atomic E-state index is -0.0348. The van der Waals surface area contributed by atoms with E-state index < -0.39 is 0 Å². The van der Waals surface area contributed by atoms with Gasteiger partial charge in [-0.05, 0) is 19.9 Å². The zero-order valence-corrected chi connectivity index (χ0v) is 8.67. The van der Waals surface area contributed by atoms with Crippen LogP contribution in [0.1, 0.15) is 13.8 Å². The Bertz CT molecular complexity index is 315. The van der Waals surface area contributed by atoms with E-state index in [1.165, 1.54) is 0 Å². The Morgan fingerprint density at radius 1 is 1.71 bits per heavy atom. The lowest BCUT2D eigenvalue weighted by molar-refractivity contribution is -0.135. The van der Waals surface area contributed by atoms with E-state index in [0.717, 1.165) is 11.3 Å². The number of rotatable bonds is 2. The molecule has 1 saturated heterocycles. The van der Waals surface area contributed by atoms with Gasteiger partial charge in [-0.15, -0.1) is 0 Å². The number of hydrogen-bond acceptors (Lipinski definition) is 2. The largest absolute Gasteiger partial charge is 0.482 e. The summed E-state index contributed by atoms with van der Waals surface area (Å²) in [5.41, 5.74) is 1.59. The van der Waals surface area contributed by atoms with Crippen molar-refractivity contribution in [1.82, 2.24) is 4.90 Å². The van der Waals surface area contributed by atoms with Crippen molar-refractivity contribution in [1.29, 1.82) is 0 Å². The lowest BCUT2D eigenvalue weighted by Crippen LogP contribution is -2.38. The van der Waals surface area contributed by atoms with Gasteiger partial charge in [0.15, 0.2) is 6.61 Å². The third-order valence-electron chi connectivity index (χ3n) is 1.95. The molecule has 0 aromatic carbocycles. The standard InChI is InChI=1S/C11H15NO2/c1-5-12-10(6-8(2)3)9(4)14-7-11(12)13/h6H,2,4-5,7H2,1,3H3/b10-6+. The molecule has 0 aromatic heterocycles. The highest BCUT2D eigenvalue weighted by atomic mass is 16.5. The second-order valence-electron chi connectivity index (χ2n) is 3.23. The number of likely N-dealkylation sites (N-methyl/N-ethyl adjacent to an activating group) is 1. The van der Waals surface area contributed by atoms with Crippen molar-refractivity contribution < 1.29 is 9.53 Å². The quantitative estimate of drug-likeness (QED) is 0.669. The number of carbonyl (C=O) groups is 1. The summed E-state index contributed by atoms with van der Waals surface area (Å²) in [6.45, 7) is 12.0. The lowest BCUT2D eigenvalue weighted by atomic mass is 10.2. The first-order valence-electron chi connectivity index (χ1n) is 4.56. The number of morpholine rings is 1. The van der Waals surface area contributed by atoms with Crippen LogP contribution in [0.15, 0.2) is 36.3 Å². The first-order chi connectivity index (χ1) is 6.56. The van der Waals surface area contributed by atoms with E-state index in [1.54, 1.807) is 4.90 Å². The highest BCUT2D eigenvalue weighted by molar-refractivity contribution is 5.81. The molecule has 1 aliphatic rings. The van der Waals surface area contributed by atoms with Crippen molar-refractivity contribution in [2.24, 2.45) is 0 Å². The van der Waals surface area contributed by atoms with Crippen LogP contribution >= 0.6 is 0 Å². The summed E-state index contributed by atoms with van der Waals surface area (Å²) < 4.78 is 5.14. The first-order valence-corrected chi connectivity index (χ1v) is 4.56. The minimum Gasteiger partial charge on any atom is -0.482 e. The molecule has 0 radical (unpaired) electrons. The van der Waals surface area contributed by atoms with E-state index in [0.29, 0.717) is 12.3 Å². The Morgan fingerprint density at radius 3 is 2.86 bits per heavy atom. The highest BCUT2D eigenvalue weighted by Gasteiger charge is 2.25. The molecule has 1 amide bonds. The minimum absolute atomic E-state index is 0.0348. The second-order valence-corrected chi connectivity index (χ2v) is 3.23. The molecule has 1 heterocycles. The van der Waals surface area contributed by atoms with Crippen LogP contribution < -0.4 is 0 Å².